The van der Waals surface area contributed by atoms with Crippen molar-refractivity contribution in [2.24, 2.45) is 5.92 Å². The van der Waals surface area contributed by atoms with Crippen molar-refractivity contribution in [2.45, 2.75) is 69.9 Å². The molecule has 1 heterocycles. The summed E-state index contributed by atoms with van der Waals surface area (Å²) >= 11 is 0. The van der Waals surface area contributed by atoms with Crippen LogP contribution in [0.15, 0.2) is 29.2 Å². The van der Waals surface area contributed by atoms with Crippen LogP contribution in [0, 0.1) is 5.92 Å². The minimum absolute atomic E-state index is 0.0537. The van der Waals surface area contributed by atoms with Gasteiger partial charge in [-0.2, -0.15) is 0 Å². The van der Waals surface area contributed by atoms with E-state index in [9.17, 15) is 13.2 Å². The number of carbonyl (C=O) groups is 1. The number of hydrogen-bond acceptors (Lipinski definition) is 4. The lowest BCUT2D eigenvalue weighted by Gasteiger charge is -2.15. The molecule has 1 saturated heterocycles. The minimum Gasteiger partial charge on any atom is -0.377 e. The van der Waals surface area contributed by atoms with Crippen molar-refractivity contribution in [1.82, 2.24) is 10.0 Å². The second-order valence-electron chi connectivity index (χ2n) is 7.71. The summed E-state index contributed by atoms with van der Waals surface area (Å²) in [6, 6.07) is 6.13. The first-order chi connectivity index (χ1) is 12.8. The molecule has 27 heavy (non-hydrogen) atoms. The number of sulfonamides is 1. The Morgan fingerprint density at radius 3 is 2.48 bits per heavy atom. The highest BCUT2D eigenvalue weighted by Gasteiger charge is 2.20. The predicted octanol–water partition coefficient (Wildman–Crippen LogP) is 3.09. The maximum absolute atomic E-state index is 12.4. The molecule has 1 aliphatic rings. The molecule has 0 radical (unpaired) electrons. The van der Waals surface area contributed by atoms with Crippen molar-refractivity contribution < 1.29 is 17.9 Å². The van der Waals surface area contributed by atoms with Gasteiger partial charge in [-0.15, -0.1) is 0 Å². The van der Waals surface area contributed by atoms with E-state index in [2.05, 4.69) is 23.9 Å². The van der Waals surface area contributed by atoms with Gasteiger partial charge in [0, 0.05) is 24.8 Å². The average molecular weight is 397 g/mol. The van der Waals surface area contributed by atoms with Gasteiger partial charge in [0.1, 0.15) is 0 Å². The van der Waals surface area contributed by atoms with Crippen molar-refractivity contribution in [3.8, 4) is 0 Å². The van der Waals surface area contributed by atoms with Gasteiger partial charge in [-0.1, -0.05) is 26.7 Å². The molecular formula is C20H32N2O4S. The summed E-state index contributed by atoms with van der Waals surface area (Å²) in [6.45, 7) is 7.33. The molecule has 1 aromatic rings. The van der Waals surface area contributed by atoms with Gasteiger partial charge in [-0.25, -0.2) is 13.1 Å². The fourth-order valence-electron chi connectivity index (χ4n) is 3.09. The number of ether oxygens (including phenoxy) is 1. The van der Waals surface area contributed by atoms with Crippen LogP contribution in [-0.2, 0) is 14.8 Å². The molecule has 0 unspecified atom stereocenters. The average Bonchev–Trinajstić information content (AvgIpc) is 3.13. The molecule has 6 nitrogen and oxygen atoms in total. The third-order valence-corrected chi connectivity index (χ3v) is 6.19. The van der Waals surface area contributed by atoms with Gasteiger partial charge in [0.2, 0.25) is 10.0 Å². The summed E-state index contributed by atoms with van der Waals surface area (Å²) in [5, 5.41) is 2.97. The van der Waals surface area contributed by atoms with Crippen LogP contribution in [0.2, 0.25) is 0 Å². The third kappa shape index (κ3) is 7.24. The molecule has 1 fully saturated rings. The maximum Gasteiger partial charge on any atom is 0.251 e. The van der Waals surface area contributed by atoms with E-state index in [1.807, 2.05) is 6.92 Å². The Kier molecular flexibility index (Phi) is 8.26. The first kappa shape index (κ1) is 21.9. The molecule has 0 aromatic heterocycles. The van der Waals surface area contributed by atoms with E-state index in [-0.39, 0.29) is 29.5 Å². The van der Waals surface area contributed by atoms with Crippen molar-refractivity contribution >= 4 is 15.9 Å². The Balaban J connectivity index is 1.86. The molecule has 2 N–H and O–H groups in total. The Morgan fingerprint density at radius 1 is 1.19 bits per heavy atom. The standard InChI is InChI=1S/C20H32N2O4S/c1-15(2)6-4-7-16(3)22-20(23)17-9-11-19(12-10-17)27(24,25)21-14-18-8-5-13-26-18/h9-12,15-16,18,21H,4-8,13-14H2,1-3H3,(H,22,23)/t16-,18+/m0/s1. The van der Waals surface area contributed by atoms with Crippen molar-refractivity contribution in [1.29, 1.82) is 0 Å². The molecular weight excluding hydrogens is 364 g/mol. The van der Waals surface area contributed by atoms with E-state index in [1.54, 1.807) is 12.1 Å². The number of carbonyl (C=O) groups excluding carboxylic acids is 1. The van der Waals surface area contributed by atoms with Gasteiger partial charge in [0.15, 0.2) is 0 Å². The monoisotopic (exact) mass is 396 g/mol. The third-order valence-electron chi connectivity index (χ3n) is 4.75. The largest absolute Gasteiger partial charge is 0.377 e. The molecule has 2 rings (SSSR count). The van der Waals surface area contributed by atoms with Gasteiger partial charge < -0.3 is 10.1 Å². The summed E-state index contributed by atoms with van der Waals surface area (Å²) in [7, 11) is -3.60. The smallest absolute Gasteiger partial charge is 0.251 e. The van der Waals surface area contributed by atoms with Crippen LogP contribution < -0.4 is 10.0 Å². The van der Waals surface area contributed by atoms with E-state index < -0.39 is 10.0 Å². The van der Waals surface area contributed by atoms with Crippen LogP contribution in [0.3, 0.4) is 0 Å². The summed E-state index contributed by atoms with van der Waals surface area (Å²) in [6.07, 6.45) is 4.94. The number of nitrogens with one attached hydrogen (secondary N) is 2. The fourth-order valence-corrected chi connectivity index (χ4v) is 4.15. The van der Waals surface area contributed by atoms with E-state index in [0.29, 0.717) is 18.1 Å². The zero-order chi connectivity index (χ0) is 19.9. The van der Waals surface area contributed by atoms with Crippen LogP contribution in [0.25, 0.3) is 0 Å². The number of amides is 1. The fraction of sp³-hybridized carbons (Fsp3) is 0.650. The number of rotatable bonds is 10. The van der Waals surface area contributed by atoms with Crippen LogP contribution in [0.5, 0.6) is 0 Å². The van der Waals surface area contributed by atoms with Crippen molar-refractivity contribution in [3.63, 3.8) is 0 Å². The zero-order valence-corrected chi connectivity index (χ0v) is 17.3. The predicted molar refractivity (Wildman–Crippen MR) is 106 cm³/mol. The van der Waals surface area contributed by atoms with Crippen molar-refractivity contribution in [2.75, 3.05) is 13.2 Å². The second-order valence-corrected chi connectivity index (χ2v) is 9.48. The molecule has 152 valence electrons. The molecule has 0 saturated carbocycles. The number of hydrogen-bond donors (Lipinski definition) is 2. The topological polar surface area (TPSA) is 84.5 Å². The van der Waals surface area contributed by atoms with E-state index in [0.717, 1.165) is 32.1 Å². The quantitative estimate of drug-likeness (QED) is 0.636. The SMILES string of the molecule is CC(C)CCC[C@H](C)NC(=O)c1ccc(S(=O)(=O)NC[C@H]2CCCO2)cc1. The maximum atomic E-state index is 12.4. The van der Waals surface area contributed by atoms with Gasteiger partial charge in [0.25, 0.3) is 5.91 Å². The lowest BCUT2D eigenvalue weighted by Crippen LogP contribution is -2.33. The highest BCUT2D eigenvalue weighted by atomic mass is 32.2. The highest BCUT2D eigenvalue weighted by molar-refractivity contribution is 7.89. The van der Waals surface area contributed by atoms with E-state index >= 15 is 0 Å². The van der Waals surface area contributed by atoms with Gasteiger partial charge in [-0.05, 0) is 56.4 Å². The molecule has 0 aliphatic carbocycles. The first-order valence-electron chi connectivity index (χ1n) is 9.80. The van der Waals surface area contributed by atoms with Crippen LogP contribution >= 0.6 is 0 Å². The Bertz CT molecular complexity index is 695. The van der Waals surface area contributed by atoms with Gasteiger partial charge >= 0.3 is 0 Å². The molecule has 1 aliphatic heterocycles. The van der Waals surface area contributed by atoms with Crippen LogP contribution in [0.1, 0.15) is 63.2 Å². The summed E-state index contributed by atoms with van der Waals surface area (Å²) in [5.74, 6) is 0.486. The lowest BCUT2D eigenvalue weighted by molar-refractivity contribution is 0.0937. The van der Waals surface area contributed by atoms with Gasteiger partial charge in [0.05, 0.1) is 11.0 Å². The number of benzene rings is 1. The van der Waals surface area contributed by atoms with Crippen LogP contribution in [-0.4, -0.2) is 39.6 Å². The summed E-state index contributed by atoms with van der Waals surface area (Å²) in [4.78, 5) is 12.5. The zero-order valence-electron chi connectivity index (χ0n) is 16.5. The molecule has 1 aromatic carbocycles. The second kappa shape index (κ2) is 10.2. The van der Waals surface area contributed by atoms with Crippen LogP contribution in [0.4, 0.5) is 0 Å². The summed E-state index contributed by atoms with van der Waals surface area (Å²) in [5.41, 5.74) is 0.462. The Morgan fingerprint density at radius 2 is 1.89 bits per heavy atom. The first-order valence-corrected chi connectivity index (χ1v) is 11.3. The Labute approximate surface area is 163 Å². The van der Waals surface area contributed by atoms with E-state index in [1.165, 1.54) is 12.1 Å². The van der Waals surface area contributed by atoms with Crippen molar-refractivity contribution in [3.05, 3.63) is 29.8 Å². The normalized spacial score (nSPS) is 18.6. The summed E-state index contributed by atoms with van der Waals surface area (Å²) < 4.78 is 32.7. The lowest BCUT2D eigenvalue weighted by atomic mass is 10.0. The molecule has 2 atom stereocenters. The molecule has 1 amide bonds. The molecule has 0 spiro atoms. The Hall–Kier alpha value is -1.44. The highest BCUT2D eigenvalue weighted by Crippen LogP contribution is 2.14. The van der Waals surface area contributed by atoms with Gasteiger partial charge in [-0.3, -0.25) is 4.79 Å². The molecule has 7 heteroatoms. The molecule has 0 bridgehead atoms. The van der Waals surface area contributed by atoms with E-state index in [4.69, 9.17) is 4.74 Å². The minimum atomic E-state index is -3.60.